The van der Waals surface area contributed by atoms with E-state index in [-0.39, 0.29) is 29.1 Å². The molecule has 3 heterocycles. The molecule has 8 nitrogen and oxygen atoms in total. The lowest BCUT2D eigenvalue weighted by Gasteiger charge is -2.52. The average Bonchev–Trinajstić information content (AvgIpc) is 3.60. The summed E-state index contributed by atoms with van der Waals surface area (Å²) >= 11 is 0. The first-order valence-corrected chi connectivity index (χ1v) is 11.0. The number of nitrogens with one attached hydrogen (secondary N) is 1. The van der Waals surface area contributed by atoms with Crippen LogP contribution in [0.5, 0.6) is 11.6 Å². The zero-order chi connectivity index (χ0) is 21.4. The van der Waals surface area contributed by atoms with Crippen molar-refractivity contribution in [2.45, 2.75) is 38.6 Å². The highest BCUT2D eigenvalue weighted by Crippen LogP contribution is 2.43. The number of amides is 1. The summed E-state index contributed by atoms with van der Waals surface area (Å²) in [7, 11) is 0. The first-order valence-electron chi connectivity index (χ1n) is 11.0. The number of rotatable bonds is 6. The van der Waals surface area contributed by atoms with Crippen molar-refractivity contribution in [3.8, 4) is 11.6 Å². The molecule has 1 saturated carbocycles. The lowest BCUT2D eigenvalue weighted by Crippen LogP contribution is -2.60. The molecule has 0 unspecified atom stereocenters. The van der Waals surface area contributed by atoms with E-state index in [0.29, 0.717) is 17.8 Å². The molecule has 0 bridgehead atoms. The lowest BCUT2D eigenvalue weighted by atomic mass is 9.72. The van der Waals surface area contributed by atoms with Crippen LogP contribution in [-0.4, -0.2) is 64.8 Å². The van der Waals surface area contributed by atoms with Gasteiger partial charge in [0.05, 0.1) is 5.56 Å². The van der Waals surface area contributed by atoms with Gasteiger partial charge in [-0.1, -0.05) is 0 Å². The Balaban J connectivity index is 1.39. The number of hydrogen-bond donors (Lipinski definition) is 1. The lowest BCUT2D eigenvalue weighted by molar-refractivity contribution is 0.0749. The van der Waals surface area contributed by atoms with Gasteiger partial charge in [-0.3, -0.25) is 4.79 Å². The van der Waals surface area contributed by atoms with Gasteiger partial charge in [0.25, 0.3) is 11.8 Å². The number of ether oxygens (including phenoxy) is 1. The summed E-state index contributed by atoms with van der Waals surface area (Å²) in [6.07, 6.45) is 5.65. The Labute approximate surface area is 180 Å². The van der Waals surface area contributed by atoms with Crippen molar-refractivity contribution in [1.82, 2.24) is 25.4 Å². The molecule has 164 valence electrons. The van der Waals surface area contributed by atoms with Crippen LogP contribution in [0.1, 0.15) is 43.0 Å². The number of hydrogen-bond acceptors (Lipinski definition) is 7. The van der Waals surface area contributed by atoms with Crippen LogP contribution in [0.2, 0.25) is 0 Å². The van der Waals surface area contributed by atoms with Crippen LogP contribution in [0.15, 0.2) is 24.5 Å². The molecule has 1 amide bonds. The Morgan fingerprint density at radius 2 is 2.10 bits per heavy atom. The van der Waals surface area contributed by atoms with Crippen LogP contribution in [0, 0.1) is 11.2 Å². The predicted octanol–water partition coefficient (Wildman–Crippen LogP) is 2.62. The SMILES string of the molecule is CCN(C(=O)c1cc(F)ccc1Oc1nncnc1N1CC2(CCNCC2)C1)C1CC1. The molecule has 2 saturated heterocycles. The van der Waals surface area contributed by atoms with Gasteiger partial charge in [-0.05, 0) is 63.9 Å². The summed E-state index contributed by atoms with van der Waals surface area (Å²) in [6, 6.07) is 4.23. The van der Waals surface area contributed by atoms with Crippen LogP contribution >= 0.6 is 0 Å². The molecule has 1 N–H and O–H groups in total. The first kappa shape index (κ1) is 20.1. The Morgan fingerprint density at radius 1 is 1.32 bits per heavy atom. The van der Waals surface area contributed by atoms with Crippen LogP contribution in [0.4, 0.5) is 10.2 Å². The van der Waals surface area contributed by atoms with E-state index >= 15 is 0 Å². The number of carbonyl (C=O) groups is 1. The third kappa shape index (κ3) is 3.94. The summed E-state index contributed by atoms with van der Waals surface area (Å²) in [5.74, 6) is 0.412. The first-order chi connectivity index (χ1) is 15.1. The average molecular weight is 426 g/mol. The number of piperidine rings is 1. The van der Waals surface area contributed by atoms with Crippen LogP contribution in [0.25, 0.3) is 0 Å². The van der Waals surface area contributed by atoms with E-state index in [0.717, 1.165) is 51.9 Å². The Bertz CT molecular complexity index is 968. The van der Waals surface area contributed by atoms with Gasteiger partial charge in [0.2, 0.25) is 0 Å². The number of halogens is 1. The summed E-state index contributed by atoms with van der Waals surface area (Å²) in [6.45, 7) is 6.36. The van der Waals surface area contributed by atoms with Gasteiger partial charge in [-0.25, -0.2) is 9.37 Å². The summed E-state index contributed by atoms with van der Waals surface area (Å²) in [5, 5.41) is 11.4. The minimum Gasteiger partial charge on any atom is -0.434 e. The summed E-state index contributed by atoms with van der Waals surface area (Å²) < 4.78 is 20.1. The predicted molar refractivity (Wildman–Crippen MR) is 113 cm³/mol. The molecule has 5 rings (SSSR count). The van der Waals surface area contributed by atoms with Crippen molar-refractivity contribution in [3.05, 3.63) is 35.9 Å². The molecule has 0 atom stereocenters. The smallest absolute Gasteiger partial charge is 0.282 e. The maximum absolute atomic E-state index is 14.0. The molecule has 1 aromatic carbocycles. The van der Waals surface area contributed by atoms with Gasteiger partial charge >= 0.3 is 0 Å². The van der Waals surface area contributed by atoms with E-state index in [4.69, 9.17) is 4.74 Å². The van der Waals surface area contributed by atoms with Crippen LogP contribution in [0.3, 0.4) is 0 Å². The highest BCUT2D eigenvalue weighted by atomic mass is 19.1. The van der Waals surface area contributed by atoms with Gasteiger partial charge in [-0.2, -0.15) is 0 Å². The van der Waals surface area contributed by atoms with E-state index in [1.54, 1.807) is 4.90 Å². The molecular formula is C22H27FN6O2. The second-order valence-corrected chi connectivity index (χ2v) is 8.76. The third-order valence-corrected chi connectivity index (χ3v) is 6.56. The number of nitrogens with zero attached hydrogens (tertiary/aromatic N) is 5. The minimum atomic E-state index is -0.476. The number of benzene rings is 1. The number of aromatic nitrogens is 3. The van der Waals surface area contributed by atoms with E-state index in [2.05, 4.69) is 25.4 Å². The fourth-order valence-electron chi connectivity index (χ4n) is 4.70. The molecule has 3 fully saturated rings. The number of anilines is 1. The molecule has 1 spiro atoms. The fourth-order valence-corrected chi connectivity index (χ4v) is 4.70. The second-order valence-electron chi connectivity index (χ2n) is 8.76. The maximum atomic E-state index is 14.0. The van der Waals surface area contributed by atoms with Crippen molar-refractivity contribution < 1.29 is 13.9 Å². The zero-order valence-electron chi connectivity index (χ0n) is 17.7. The van der Waals surface area contributed by atoms with E-state index < -0.39 is 5.82 Å². The second kappa shape index (κ2) is 8.03. The van der Waals surface area contributed by atoms with Crippen molar-refractivity contribution in [1.29, 1.82) is 0 Å². The molecular weight excluding hydrogens is 399 g/mol. The molecule has 2 aliphatic heterocycles. The molecule has 3 aliphatic rings. The molecule has 0 radical (unpaired) electrons. The van der Waals surface area contributed by atoms with Crippen molar-refractivity contribution >= 4 is 11.7 Å². The van der Waals surface area contributed by atoms with Gasteiger partial charge in [0.15, 0.2) is 5.82 Å². The van der Waals surface area contributed by atoms with Crippen LogP contribution < -0.4 is 15.0 Å². The Morgan fingerprint density at radius 3 is 2.81 bits per heavy atom. The van der Waals surface area contributed by atoms with E-state index in [1.807, 2.05) is 6.92 Å². The van der Waals surface area contributed by atoms with Gasteiger partial charge in [0.1, 0.15) is 17.9 Å². The zero-order valence-corrected chi connectivity index (χ0v) is 17.7. The minimum absolute atomic E-state index is 0.198. The molecule has 2 aromatic rings. The third-order valence-electron chi connectivity index (χ3n) is 6.56. The quantitative estimate of drug-likeness (QED) is 0.760. The monoisotopic (exact) mass is 426 g/mol. The van der Waals surface area contributed by atoms with Gasteiger partial charge in [-0.15, -0.1) is 10.2 Å². The van der Waals surface area contributed by atoms with Crippen molar-refractivity contribution in [3.63, 3.8) is 0 Å². The molecule has 1 aliphatic carbocycles. The standard InChI is InChI=1S/C22H27FN6O2/c1-2-29(16-4-5-16)21(30)17-11-15(23)3-6-18(17)31-20-19(25-14-26-27-20)28-12-22(13-28)7-9-24-10-8-22/h3,6,11,14,16,24H,2,4-5,7-10,12-13H2,1H3. The molecule has 9 heteroatoms. The Kier molecular flexibility index (Phi) is 5.21. The largest absolute Gasteiger partial charge is 0.434 e. The van der Waals surface area contributed by atoms with E-state index in [9.17, 15) is 9.18 Å². The van der Waals surface area contributed by atoms with E-state index in [1.165, 1.54) is 24.5 Å². The van der Waals surface area contributed by atoms with Crippen molar-refractivity contribution in [2.75, 3.05) is 37.6 Å². The van der Waals surface area contributed by atoms with Gasteiger partial charge in [0, 0.05) is 31.1 Å². The summed E-state index contributed by atoms with van der Waals surface area (Å²) in [4.78, 5) is 21.4. The molecule has 1 aromatic heterocycles. The number of carbonyl (C=O) groups excluding carboxylic acids is 1. The van der Waals surface area contributed by atoms with Gasteiger partial charge < -0.3 is 19.9 Å². The fraction of sp³-hybridized carbons (Fsp3) is 0.545. The van der Waals surface area contributed by atoms with Crippen LogP contribution in [-0.2, 0) is 0 Å². The normalized spacial score (nSPS) is 19.7. The highest BCUT2D eigenvalue weighted by Gasteiger charge is 2.45. The van der Waals surface area contributed by atoms with Crippen molar-refractivity contribution in [2.24, 2.45) is 5.41 Å². The Hall–Kier alpha value is -2.81. The maximum Gasteiger partial charge on any atom is 0.282 e. The topological polar surface area (TPSA) is 83.5 Å². The summed E-state index contributed by atoms with van der Waals surface area (Å²) in [5.41, 5.74) is 0.514. The molecule has 31 heavy (non-hydrogen) atoms. The highest BCUT2D eigenvalue weighted by molar-refractivity contribution is 5.97.